The Morgan fingerprint density at radius 3 is 2.23 bits per heavy atom. The predicted octanol–water partition coefficient (Wildman–Crippen LogP) is 6.76. The van der Waals surface area contributed by atoms with Crippen molar-refractivity contribution in [1.29, 1.82) is 0 Å². The summed E-state index contributed by atoms with van der Waals surface area (Å²) in [7, 11) is 0. The second-order valence-electron chi connectivity index (χ2n) is 9.30. The molecule has 2 nitrogen and oxygen atoms in total. The Kier molecular flexibility index (Phi) is 5.19. The molecule has 2 saturated carbocycles. The van der Waals surface area contributed by atoms with Gasteiger partial charge < -0.3 is 5.11 Å². The molecule has 2 fully saturated rings. The van der Waals surface area contributed by atoms with Crippen LogP contribution in [0.4, 0.5) is 13.2 Å². The van der Waals surface area contributed by atoms with Crippen LogP contribution in [0.1, 0.15) is 73.6 Å². The molecule has 2 aromatic carbocycles. The van der Waals surface area contributed by atoms with E-state index in [1.165, 1.54) is 11.1 Å². The van der Waals surface area contributed by atoms with Crippen LogP contribution in [-0.2, 0) is 16.4 Å². The molecule has 2 aliphatic carbocycles. The van der Waals surface area contributed by atoms with Gasteiger partial charge >= 0.3 is 12.1 Å². The van der Waals surface area contributed by atoms with E-state index in [0.717, 1.165) is 30.5 Å². The maximum Gasteiger partial charge on any atom is 0.416 e. The van der Waals surface area contributed by atoms with Gasteiger partial charge in [-0.15, -0.1) is 0 Å². The molecule has 4 rings (SSSR count). The molecular weight excluding hydrogens is 389 g/mol. The van der Waals surface area contributed by atoms with Gasteiger partial charge in [0.15, 0.2) is 0 Å². The Labute approximate surface area is 175 Å². The van der Waals surface area contributed by atoms with Crippen LogP contribution in [0.2, 0.25) is 0 Å². The molecule has 0 aromatic heterocycles. The molecule has 1 N–H and O–H groups in total. The van der Waals surface area contributed by atoms with Crippen molar-refractivity contribution in [3.8, 4) is 0 Å². The van der Waals surface area contributed by atoms with Gasteiger partial charge in [0, 0.05) is 5.41 Å². The lowest BCUT2D eigenvalue weighted by Crippen LogP contribution is -2.40. The second kappa shape index (κ2) is 7.44. The lowest BCUT2D eigenvalue weighted by molar-refractivity contribution is -0.144. The smallest absolute Gasteiger partial charge is 0.416 e. The zero-order valence-corrected chi connectivity index (χ0v) is 17.2. The third-order valence-electron chi connectivity index (χ3n) is 7.32. The van der Waals surface area contributed by atoms with Crippen molar-refractivity contribution in [2.75, 3.05) is 0 Å². The normalized spacial score (nSPS) is 28.7. The van der Waals surface area contributed by atoms with Crippen LogP contribution in [-0.4, -0.2) is 11.1 Å². The molecule has 0 amide bonds. The first-order valence-electron chi connectivity index (χ1n) is 10.6. The highest BCUT2D eigenvalue weighted by molar-refractivity contribution is 5.71. The first kappa shape index (κ1) is 21.0. The van der Waals surface area contributed by atoms with Crippen molar-refractivity contribution in [2.45, 2.75) is 63.0 Å². The number of carboxylic acid groups (broad SMARTS) is 1. The summed E-state index contributed by atoms with van der Waals surface area (Å²) in [6, 6.07) is 14.0. The molecular formula is C25H27F3O2. The molecule has 5 heteroatoms. The largest absolute Gasteiger partial charge is 0.481 e. The lowest BCUT2D eigenvalue weighted by atomic mass is 9.58. The minimum absolute atomic E-state index is 0.131. The molecule has 2 aliphatic rings. The zero-order chi connectivity index (χ0) is 21.7. The van der Waals surface area contributed by atoms with Crippen LogP contribution in [0.3, 0.4) is 0 Å². The molecule has 1 unspecified atom stereocenters. The quantitative estimate of drug-likeness (QED) is 0.598. The fourth-order valence-electron chi connectivity index (χ4n) is 5.89. The van der Waals surface area contributed by atoms with Crippen molar-refractivity contribution < 1.29 is 23.1 Å². The van der Waals surface area contributed by atoms with E-state index in [2.05, 4.69) is 38.1 Å². The van der Waals surface area contributed by atoms with Gasteiger partial charge in [-0.3, -0.25) is 4.79 Å². The third-order valence-corrected chi connectivity index (χ3v) is 7.32. The number of alkyl halides is 3. The number of aliphatic carboxylic acids is 1. The molecule has 2 bridgehead atoms. The van der Waals surface area contributed by atoms with Crippen LogP contribution in [0.15, 0.2) is 48.5 Å². The molecule has 4 atom stereocenters. The maximum absolute atomic E-state index is 13.1. The average Bonchev–Trinajstić information content (AvgIpc) is 2.94. The van der Waals surface area contributed by atoms with Gasteiger partial charge in [0.2, 0.25) is 0 Å². The summed E-state index contributed by atoms with van der Waals surface area (Å²) in [5.74, 6) is -0.474. The SMILES string of the molecule is CC(C)c1ccc(C2[C@@H]3CC[C@@]2(c2ccc(C(F)(F)F)cc2)C[C@H](C(=O)O)C3)cc1. The number of fused-ring (bicyclic) bond motifs is 2. The van der Waals surface area contributed by atoms with Crippen molar-refractivity contribution in [3.05, 3.63) is 70.8 Å². The summed E-state index contributed by atoms with van der Waals surface area (Å²) in [5.41, 5.74) is 2.15. The highest BCUT2D eigenvalue weighted by Crippen LogP contribution is 2.62. The summed E-state index contributed by atoms with van der Waals surface area (Å²) < 4.78 is 39.2. The van der Waals surface area contributed by atoms with Gasteiger partial charge in [-0.1, -0.05) is 50.2 Å². The van der Waals surface area contributed by atoms with Gasteiger partial charge in [0.1, 0.15) is 0 Å². The number of hydrogen-bond acceptors (Lipinski definition) is 1. The van der Waals surface area contributed by atoms with Gasteiger partial charge in [0.05, 0.1) is 11.5 Å². The van der Waals surface area contributed by atoms with Crippen molar-refractivity contribution >= 4 is 5.97 Å². The second-order valence-corrected chi connectivity index (χ2v) is 9.30. The van der Waals surface area contributed by atoms with Gasteiger partial charge in [-0.2, -0.15) is 13.2 Å². The highest BCUT2D eigenvalue weighted by Gasteiger charge is 2.56. The predicted molar refractivity (Wildman–Crippen MR) is 109 cm³/mol. The van der Waals surface area contributed by atoms with E-state index in [1.807, 2.05) is 0 Å². The summed E-state index contributed by atoms with van der Waals surface area (Å²) in [6.07, 6.45) is -1.56. The van der Waals surface area contributed by atoms with Crippen LogP contribution < -0.4 is 0 Å². The summed E-state index contributed by atoms with van der Waals surface area (Å²) >= 11 is 0. The van der Waals surface area contributed by atoms with E-state index in [4.69, 9.17) is 0 Å². The minimum Gasteiger partial charge on any atom is -0.481 e. The molecule has 30 heavy (non-hydrogen) atoms. The average molecular weight is 416 g/mol. The Balaban J connectivity index is 1.78. The Hall–Kier alpha value is -2.30. The number of hydrogen-bond donors (Lipinski definition) is 1. The standard InChI is InChI=1S/C25H27F3O2/c1-15(2)16-3-5-17(6-4-16)22-18-11-12-24(22,14-19(13-18)23(29)30)20-7-9-21(10-8-20)25(26,27)28/h3-10,15,18-19,22H,11-14H2,1-2H3,(H,29,30)/t18-,19-,22?,24+/m1/s1. The van der Waals surface area contributed by atoms with E-state index in [1.54, 1.807) is 12.1 Å². The summed E-state index contributed by atoms with van der Waals surface area (Å²) in [5, 5.41) is 9.72. The Bertz CT molecular complexity index is 915. The number of carboxylic acids is 1. The monoisotopic (exact) mass is 416 g/mol. The molecule has 0 radical (unpaired) electrons. The Morgan fingerprint density at radius 2 is 1.70 bits per heavy atom. The van der Waals surface area contributed by atoms with Crippen LogP contribution in [0.25, 0.3) is 0 Å². The number of benzene rings is 2. The number of rotatable bonds is 4. The Morgan fingerprint density at radius 1 is 1.07 bits per heavy atom. The summed E-state index contributed by atoms with van der Waals surface area (Å²) in [4.78, 5) is 11.8. The highest BCUT2D eigenvalue weighted by atomic mass is 19.4. The third kappa shape index (κ3) is 3.52. The molecule has 2 aromatic rings. The van der Waals surface area contributed by atoms with Crippen molar-refractivity contribution in [2.24, 2.45) is 11.8 Å². The maximum atomic E-state index is 13.1. The topological polar surface area (TPSA) is 37.3 Å². The van der Waals surface area contributed by atoms with E-state index in [9.17, 15) is 23.1 Å². The van der Waals surface area contributed by atoms with E-state index in [0.29, 0.717) is 18.8 Å². The van der Waals surface area contributed by atoms with Crippen LogP contribution in [0, 0.1) is 11.8 Å². The first-order chi connectivity index (χ1) is 14.1. The van der Waals surface area contributed by atoms with Gasteiger partial charge in [-0.05, 0) is 72.3 Å². The molecule has 0 heterocycles. The van der Waals surface area contributed by atoms with Crippen molar-refractivity contribution in [3.63, 3.8) is 0 Å². The molecule has 160 valence electrons. The van der Waals surface area contributed by atoms with Gasteiger partial charge in [0.25, 0.3) is 0 Å². The zero-order valence-electron chi connectivity index (χ0n) is 17.2. The first-order valence-corrected chi connectivity index (χ1v) is 10.6. The van der Waals surface area contributed by atoms with E-state index in [-0.39, 0.29) is 11.8 Å². The van der Waals surface area contributed by atoms with Gasteiger partial charge in [-0.25, -0.2) is 0 Å². The van der Waals surface area contributed by atoms with Crippen LogP contribution >= 0.6 is 0 Å². The fourth-order valence-corrected chi connectivity index (χ4v) is 5.89. The van der Waals surface area contributed by atoms with Crippen LogP contribution in [0.5, 0.6) is 0 Å². The minimum atomic E-state index is -4.38. The molecule has 0 saturated heterocycles. The molecule has 0 spiro atoms. The molecule has 0 aliphatic heterocycles. The number of halogens is 3. The number of carbonyl (C=O) groups is 1. The summed E-state index contributed by atoms with van der Waals surface area (Å²) in [6.45, 7) is 4.28. The fraction of sp³-hybridized carbons (Fsp3) is 0.480. The van der Waals surface area contributed by atoms with E-state index < -0.39 is 29.0 Å². The van der Waals surface area contributed by atoms with E-state index >= 15 is 0 Å². The van der Waals surface area contributed by atoms with Crippen molar-refractivity contribution in [1.82, 2.24) is 0 Å². The lowest BCUT2D eigenvalue weighted by Gasteiger charge is -2.44.